The van der Waals surface area contributed by atoms with Gasteiger partial charge in [0.05, 0.1) is 32.5 Å². The van der Waals surface area contributed by atoms with E-state index in [1.807, 2.05) is 0 Å². The van der Waals surface area contributed by atoms with E-state index in [0.29, 0.717) is 6.61 Å². The maximum atomic E-state index is 11.5. The van der Waals surface area contributed by atoms with Gasteiger partial charge >= 0.3 is 7.82 Å². The Morgan fingerprint density at radius 2 is 1.63 bits per heavy atom. The van der Waals surface area contributed by atoms with Crippen LogP contribution in [-0.4, -0.2) is 62.3 Å². The van der Waals surface area contributed by atoms with E-state index >= 15 is 0 Å². The number of unbranched alkanes of at least 4 members (excludes halogenated alkanes) is 7. The standard InChI is InChI=1S/C21H44NO7P/c1-3-4-5-6-7-8-9-10-11-12-13-14-21(26-2)19-27-17-20(23)18-29-30(24,25)28-16-15-22/h10-11,20-21,23H,3-9,12-19,22H2,1-2H3,(H,24,25)/b11-10-/t20-,21?/m1/s1. The number of aliphatic hydroxyl groups is 1. The second kappa shape index (κ2) is 20.6. The molecule has 3 atom stereocenters. The third-order valence-corrected chi connectivity index (χ3v) is 5.52. The maximum absolute atomic E-state index is 11.5. The van der Waals surface area contributed by atoms with Gasteiger partial charge in [-0.2, -0.15) is 0 Å². The van der Waals surface area contributed by atoms with Gasteiger partial charge in [-0.1, -0.05) is 51.2 Å². The van der Waals surface area contributed by atoms with Crippen LogP contribution in [-0.2, 0) is 23.1 Å². The Hall–Kier alpha value is -0.310. The summed E-state index contributed by atoms with van der Waals surface area (Å²) < 4.78 is 31.6. The molecule has 180 valence electrons. The van der Waals surface area contributed by atoms with Crippen molar-refractivity contribution in [1.82, 2.24) is 0 Å². The summed E-state index contributed by atoms with van der Waals surface area (Å²) in [6.45, 7) is 2.21. The number of hydrogen-bond acceptors (Lipinski definition) is 7. The van der Waals surface area contributed by atoms with Crippen LogP contribution in [0.15, 0.2) is 12.2 Å². The molecule has 0 spiro atoms. The van der Waals surface area contributed by atoms with Crippen molar-refractivity contribution in [2.45, 2.75) is 83.3 Å². The van der Waals surface area contributed by atoms with Gasteiger partial charge in [-0.3, -0.25) is 9.05 Å². The Labute approximate surface area is 182 Å². The number of hydrogen-bond donors (Lipinski definition) is 3. The van der Waals surface area contributed by atoms with Crippen LogP contribution < -0.4 is 5.73 Å². The molecule has 0 aromatic heterocycles. The summed E-state index contributed by atoms with van der Waals surface area (Å²) in [5.74, 6) is 0. The minimum atomic E-state index is -4.18. The first-order chi connectivity index (χ1) is 14.4. The average Bonchev–Trinajstić information content (AvgIpc) is 2.73. The van der Waals surface area contributed by atoms with Gasteiger partial charge in [0.1, 0.15) is 6.10 Å². The van der Waals surface area contributed by atoms with Crippen LogP contribution >= 0.6 is 7.82 Å². The number of allylic oxidation sites excluding steroid dienone is 2. The second-order valence-electron chi connectivity index (χ2n) is 7.39. The highest BCUT2D eigenvalue weighted by Gasteiger charge is 2.22. The summed E-state index contributed by atoms with van der Waals surface area (Å²) in [5.41, 5.74) is 5.19. The molecule has 0 fully saturated rings. The van der Waals surface area contributed by atoms with E-state index in [9.17, 15) is 14.6 Å². The van der Waals surface area contributed by atoms with Crippen molar-refractivity contribution in [3.05, 3.63) is 12.2 Å². The third kappa shape index (κ3) is 19.6. The van der Waals surface area contributed by atoms with E-state index in [1.165, 1.54) is 38.5 Å². The number of phosphoric acid groups is 1. The van der Waals surface area contributed by atoms with Crippen LogP contribution in [0.1, 0.15) is 71.1 Å². The fraction of sp³-hybridized carbons (Fsp3) is 0.905. The molecule has 0 amide bonds. The number of nitrogens with two attached hydrogens (primary N) is 1. The second-order valence-corrected chi connectivity index (χ2v) is 8.85. The fourth-order valence-electron chi connectivity index (χ4n) is 2.78. The fourth-order valence-corrected chi connectivity index (χ4v) is 3.55. The van der Waals surface area contributed by atoms with Gasteiger partial charge in [-0.25, -0.2) is 4.57 Å². The van der Waals surface area contributed by atoms with Gasteiger partial charge < -0.3 is 25.2 Å². The number of phosphoric ester groups is 1. The van der Waals surface area contributed by atoms with Gasteiger partial charge in [0.15, 0.2) is 0 Å². The van der Waals surface area contributed by atoms with Gasteiger partial charge in [-0.05, 0) is 32.1 Å². The summed E-state index contributed by atoms with van der Waals surface area (Å²) >= 11 is 0. The van der Waals surface area contributed by atoms with E-state index in [0.717, 1.165) is 25.7 Å². The van der Waals surface area contributed by atoms with E-state index in [1.54, 1.807) is 7.11 Å². The predicted octanol–water partition coefficient (Wildman–Crippen LogP) is 3.95. The minimum Gasteiger partial charge on any atom is -0.388 e. The van der Waals surface area contributed by atoms with E-state index < -0.39 is 13.9 Å². The molecular weight excluding hydrogens is 409 g/mol. The van der Waals surface area contributed by atoms with Crippen LogP contribution in [0.2, 0.25) is 0 Å². The first-order valence-corrected chi connectivity index (χ1v) is 12.7. The molecule has 30 heavy (non-hydrogen) atoms. The van der Waals surface area contributed by atoms with E-state index in [-0.39, 0.29) is 32.5 Å². The van der Waals surface area contributed by atoms with Gasteiger partial charge in [0.2, 0.25) is 0 Å². The molecule has 0 aromatic carbocycles. The Balaban J connectivity index is 3.71. The van der Waals surface area contributed by atoms with Crippen molar-refractivity contribution in [2.24, 2.45) is 5.73 Å². The highest BCUT2D eigenvalue weighted by Crippen LogP contribution is 2.42. The van der Waals surface area contributed by atoms with Crippen molar-refractivity contribution >= 4 is 7.82 Å². The lowest BCUT2D eigenvalue weighted by Crippen LogP contribution is -2.25. The molecule has 0 saturated carbocycles. The lowest BCUT2D eigenvalue weighted by Gasteiger charge is -2.18. The molecule has 0 bridgehead atoms. The highest BCUT2D eigenvalue weighted by molar-refractivity contribution is 7.47. The Bertz CT molecular complexity index is 451. The van der Waals surface area contributed by atoms with Crippen molar-refractivity contribution in [3.8, 4) is 0 Å². The molecule has 8 nitrogen and oxygen atoms in total. The molecule has 0 saturated heterocycles. The molecule has 0 radical (unpaired) electrons. The van der Waals surface area contributed by atoms with Crippen LogP contribution in [0.5, 0.6) is 0 Å². The minimum absolute atomic E-state index is 0.0189. The normalized spacial score (nSPS) is 16.0. The van der Waals surface area contributed by atoms with Gasteiger partial charge in [0.25, 0.3) is 0 Å². The van der Waals surface area contributed by atoms with Crippen LogP contribution in [0.25, 0.3) is 0 Å². The zero-order chi connectivity index (χ0) is 22.5. The number of rotatable bonds is 22. The molecule has 2 unspecified atom stereocenters. The summed E-state index contributed by atoms with van der Waals surface area (Å²) in [4.78, 5) is 9.36. The van der Waals surface area contributed by atoms with Crippen LogP contribution in [0, 0.1) is 0 Å². The first-order valence-electron chi connectivity index (χ1n) is 11.2. The predicted molar refractivity (Wildman–Crippen MR) is 119 cm³/mol. The maximum Gasteiger partial charge on any atom is 0.472 e. The molecule has 0 rings (SSSR count). The molecule has 4 N–H and O–H groups in total. The Morgan fingerprint density at radius 3 is 2.30 bits per heavy atom. The topological polar surface area (TPSA) is 120 Å². The average molecular weight is 454 g/mol. The molecular formula is C21H44NO7P. The number of methoxy groups -OCH3 is 1. The van der Waals surface area contributed by atoms with E-state index in [2.05, 4.69) is 28.1 Å². The molecule has 9 heteroatoms. The molecule has 0 aromatic rings. The summed E-state index contributed by atoms with van der Waals surface area (Å²) in [7, 11) is -2.54. The Kier molecular flexibility index (Phi) is 20.4. The van der Waals surface area contributed by atoms with Crippen molar-refractivity contribution in [3.63, 3.8) is 0 Å². The van der Waals surface area contributed by atoms with Crippen LogP contribution in [0.3, 0.4) is 0 Å². The van der Waals surface area contributed by atoms with Gasteiger partial charge in [0, 0.05) is 13.7 Å². The third-order valence-electron chi connectivity index (χ3n) is 4.54. The molecule has 0 aliphatic heterocycles. The first kappa shape index (κ1) is 29.7. The summed E-state index contributed by atoms with van der Waals surface area (Å²) in [5, 5.41) is 9.79. The number of ether oxygens (including phenoxy) is 2. The van der Waals surface area contributed by atoms with Crippen molar-refractivity contribution in [1.29, 1.82) is 0 Å². The zero-order valence-corrected chi connectivity index (χ0v) is 19.8. The Morgan fingerprint density at radius 1 is 0.967 bits per heavy atom. The monoisotopic (exact) mass is 453 g/mol. The lowest BCUT2D eigenvalue weighted by atomic mass is 10.1. The lowest BCUT2D eigenvalue weighted by molar-refractivity contribution is -0.0384. The SMILES string of the molecule is CCCCCCCC/C=C\CCCC(COC[C@@H](O)COP(=O)(O)OCCN)OC. The summed E-state index contributed by atoms with van der Waals surface area (Å²) in [6.07, 6.45) is 15.4. The molecule has 0 aliphatic carbocycles. The van der Waals surface area contributed by atoms with E-state index in [4.69, 9.17) is 15.2 Å². The number of aliphatic hydroxyl groups excluding tert-OH is 1. The smallest absolute Gasteiger partial charge is 0.388 e. The van der Waals surface area contributed by atoms with Crippen LogP contribution in [0.4, 0.5) is 0 Å². The zero-order valence-electron chi connectivity index (χ0n) is 18.9. The largest absolute Gasteiger partial charge is 0.472 e. The van der Waals surface area contributed by atoms with Gasteiger partial charge in [-0.15, -0.1) is 0 Å². The molecule has 0 heterocycles. The highest BCUT2D eigenvalue weighted by atomic mass is 31.2. The van der Waals surface area contributed by atoms with Crippen molar-refractivity contribution in [2.75, 3.05) is 40.1 Å². The van der Waals surface area contributed by atoms with Crippen molar-refractivity contribution < 1.29 is 33.1 Å². The molecule has 0 aliphatic rings. The quantitative estimate of drug-likeness (QED) is 0.128. The summed E-state index contributed by atoms with van der Waals surface area (Å²) in [6, 6.07) is 0.